The minimum atomic E-state index is 0.129. The maximum atomic E-state index is 6.31. The van der Waals surface area contributed by atoms with Crippen LogP contribution in [0.25, 0.3) is 0 Å². The van der Waals surface area contributed by atoms with Crippen LogP contribution in [0, 0.1) is 5.92 Å². The summed E-state index contributed by atoms with van der Waals surface area (Å²) in [4.78, 5) is 0. The van der Waals surface area contributed by atoms with Crippen molar-refractivity contribution in [2.75, 3.05) is 13.2 Å². The third-order valence-electron chi connectivity index (χ3n) is 4.06. The van der Waals surface area contributed by atoms with Crippen molar-refractivity contribution in [2.45, 2.75) is 38.1 Å². The molecule has 0 spiro atoms. The molecule has 0 amide bonds. The van der Waals surface area contributed by atoms with Gasteiger partial charge in [-0.3, -0.25) is 0 Å². The van der Waals surface area contributed by atoms with Crippen LogP contribution in [0.4, 0.5) is 0 Å². The van der Waals surface area contributed by atoms with Crippen molar-refractivity contribution in [3.8, 4) is 11.5 Å². The summed E-state index contributed by atoms with van der Waals surface area (Å²) >= 11 is 0. The molecule has 3 heteroatoms. The fraction of sp³-hybridized carbons (Fsp3) is 0.600. The smallest absolute Gasteiger partial charge is 0.161 e. The molecule has 0 bridgehead atoms. The zero-order valence-corrected chi connectivity index (χ0v) is 10.7. The molecule has 1 aliphatic carbocycles. The molecule has 1 fully saturated rings. The van der Waals surface area contributed by atoms with Crippen molar-refractivity contribution in [3.05, 3.63) is 23.8 Å². The van der Waals surface area contributed by atoms with Gasteiger partial charge in [0.1, 0.15) is 13.2 Å². The second-order valence-corrected chi connectivity index (χ2v) is 5.40. The molecule has 0 radical (unpaired) electrons. The highest BCUT2D eigenvalue weighted by molar-refractivity contribution is 5.44. The highest BCUT2D eigenvalue weighted by Gasteiger charge is 2.20. The van der Waals surface area contributed by atoms with Gasteiger partial charge in [0.15, 0.2) is 11.5 Å². The average molecular weight is 247 g/mol. The fourth-order valence-corrected chi connectivity index (χ4v) is 3.03. The van der Waals surface area contributed by atoms with E-state index >= 15 is 0 Å². The van der Waals surface area contributed by atoms with E-state index in [0.29, 0.717) is 13.2 Å². The summed E-state index contributed by atoms with van der Waals surface area (Å²) in [5.74, 6) is 2.51. The molecule has 98 valence electrons. The molecular weight excluding hydrogens is 226 g/mol. The normalized spacial score (nSPS) is 20.9. The Hall–Kier alpha value is -1.22. The number of fused-ring (bicyclic) bond motifs is 1. The Morgan fingerprint density at radius 2 is 1.83 bits per heavy atom. The molecule has 3 rings (SSSR count). The molecular formula is C15H21NO2. The lowest BCUT2D eigenvalue weighted by atomic mass is 9.94. The van der Waals surface area contributed by atoms with Crippen LogP contribution >= 0.6 is 0 Å². The van der Waals surface area contributed by atoms with Crippen LogP contribution in [-0.2, 0) is 0 Å². The van der Waals surface area contributed by atoms with Crippen molar-refractivity contribution in [1.29, 1.82) is 0 Å². The van der Waals surface area contributed by atoms with Gasteiger partial charge in [0.25, 0.3) is 0 Å². The third-order valence-corrected chi connectivity index (χ3v) is 4.06. The Bertz CT molecular complexity index is 413. The van der Waals surface area contributed by atoms with E-state index in [9.17, 15) is 0 Å². The first-order valence-electron chi connectivity index (χ1n) is 6.98. The van der Waals surface area contributed by atoms with Gasteiger partial charge < -0.3 is 15.2 Å². The quantitative estimate of drug-likeness (QED) is 0.893. The molecule has 0 aromatic heterocycles. The number of nitrogens with two attached hydrogens (primary N) is 1. The predicted molar refractivity (Wildman–Crippen MR) is 70.9 cm³/mol. The minimum absolute atomic E-state index is 0.129. The molecule has 1 heterocycles. The number of rotatable bonds is 3. The summed E-state index contributed by atoms with van der Waals surface area (Å²) in [5, 5.41) is 0. The molecule has 1 aliphatic heterocycles. The summed E-state index contributed by atoms with van der Waals surface area (Å²) in [6.07, 6.45) is 6.53. The third kappa shape index (κ3) is 2.46. The van der Waals surface area contributed by atoms with Crippen molar-refractivity contribution >= 4 is 0 Å². The standard InChI is InChI=1S/C15H21NO2/c16-13(9-11-3-1-2-4-11)12-5-6-14-15(10-12)18-8-7-17-14/h5-6,10-11,13H,1-4,7-9,16H2. The van der Waals surface area contributed by atoms with Gasteiger partial charge in [-0.15, -0.1) is 0 Å². The monoisotopic (exact) mass is 247 g/mol. The maximum absolute atomic E-state index is 6.31. The van der Waals surface area contributed by atoms with Crippen LogP contribution in [0.5, 0.6) is 11.5 Å². The first-order chi connectivity index (χ1) is 8.83. The van der Waals surface area contributed by atoms with Gasteiger partial charge in [-0.2, -0.15) is 0 Å². The maximum Gasteiger partial charge on any atom is 0.161 e. The van der Waals surface area contributed by atoms with E-state index in [1.165, 1.54) is 31.2 Å². The molecule has 1 unspecified atom stereocenters. The zero-order chi connectivity index (χ0) is 12.4. The van der Waals surface area contributed by atoms with Gasteiger partial charge >= 0.3 is 0 Å². The summed E-state index contributed by atoms with van der Waals surface area (Å²) in [6, 6.07) is 6.24. The molecule has 0 saturated heterocycles. The lowest BCUT2D eigenvalue weighted by molar-refractivity contribution is 0.171. The van der Waals surface area contributed by atoms with E-state index in [1.807, 2.05) is 12.1 Å². The molecule has 3 nitrogen and oxygen atoms in total. The second kappa shape index (κ2) is 5.19. The van der Waals surface area contributed by atoms with Gasteiger partial charge in [0, 0.05) is 6.04 Å². The predicted octanol–water partition coefficient (Wildman–Crippen LogP) is 3.04. The van der Waals surface area contributed by atoms with Crippen molar-refractivity contribution in [2.24, 2.45) is 11.7 Å². The van der Waals surface area contributed by atoms with Gasteiger partial charge in [0.05, 0.1) is 0 Å². The van der Waals surface area contributed by atoms with Gasteiger partial charge in [-0.25, -0.2) is 0 Å². The first-order valence-corrected chi connectivity index (χ1v) is 6.98. The molecule has 2 N–H and O–H groups in total. The fourth-order valence-electron chi connectivity index (χ4n) is 3.03. The largest absolute Gasteiger partial charge is 0.486 e. The Morgan fingerprint density at radius 1 is 1.11 bits per heavy atom. The molecule has 1 atom stereocenters. The van der Waals surface area contributed by atoms with Gasteiger partial charge in [-0.05, 0) is 30.0 Å². The number of hydrogen-bond acceptors (Lipinski definition) is 3. The minimum Gasteiger partial charge on any atom is -0.486 e. The van der Waals surface area contributed by atoms with Crippen LogP contribution in [-0.4, -0.2) is 13.2 Å². The van der Waals surface area contributed by atoms with Crippen LogP contribution < -0.4 is 15.2 Å². The number of ether oxygens (including phenoxy) is 2. The Labute approximate surface area is 108 Å². The average Bonchev–Trinajstić information content (AvgIpc) is 2.91. The van der Waals surface area contributed by atoms with Crippen molar-refractivity contribution in [1.82, 2.24) is 0 Å². The summed E-state index contributed by atoms with van der Waals surface area (Å²) in [7, 11) is 0. The van der Waals surface area contributed by atoms with Crippen molar-refractivity contribution < 1.29 is 9.47 Å². The number of benzene rings is 1. The zero-order valence-electron chi connectivity index (χ0n) is 10.7. The van der Waals surface area contributed by atoms with E-state index in [2.05, 4.69) is 6.07 Å². The molecule has 1 aromatic rings. The summed E-state index contributed by atoms with van der Waals surface area (Å²) < 4.78 is 11.1. The topological polar surface area (TPSA) is 44.5 Å². The van der Waals surface area contributed by atoms with Crippen LogP contribution in [0.2, 0.25) is 0 Å². The molecule has 1 aromatic carbocycles. The van der Waals surface area contributed by atoms with E-state index in [4.69, 9.17) is 15.2 Å². The Balaban J connectivity index is 1.70. The van der Waals surface area contributed by atoms with Crippen LogP contribution in [0.1, 0.15) is 43.7 Å². The van der Waals surface area contributed by atoms with E-state index in [1.54, 1.807) is 0 Å². The lowest BCUT2D eigenvalue weighted by Gasteiger charge is -2.21. The highest BCUT2D eigenvalue weighted by Crippen LogP contribution is 2.36. The molecule has 2 aliphatic rings. The Morgan fingerprint density at radius 3 is 2.61 bits per heavy atom. The number of hydrogen-bond donors (Lipinski definition) is 1. The summed E-state index contributed by atoms with van der Waals surface area (Å²) in [5.41, 5.74) is 7.48. The highest BCUT2D eigenvalue weighted by atomic mass is 16.6. The molecule has 1 saturated carbocycles. The van der Waals surface area contributed by atoms with E-state index in [-0.39, 0.29) is 6.04 Å². The second-order valence-electron chi connectivity index (χ2n) is 5.40. The Kier molecular flexibility index (Phi) is 3.41. The summed E-state index contributed by atoms with van der Waals surface area (Å²) in [6.45, 7) is 1.27. The first kappa shape index (κ1) is 11.8. The van der Waals surface area contributed by atoms with E-state index < -0.39 is 0 Å². The van der Waals surface area contributed by atoms with Gasteiger partial charge in [0.2, 0.25) is 0 Å². The van der Waals surface area contributed by atoms with Crippen molar-refractivity contribution in [3.63, 3.8) is 0 Å². The SMILES string of the molecule is NC(CC1CCCC1)c1ccc2c(c1)OCCO2. The van der Waals surface area contributed by atoms with Crippen LogP contribution in [0.3, 0.4) is 0 Å². The van der Waals surface area contributed by atoms with E-state index in [0.717, 1.165) is 23.8 Å². The lowest BCUT2D eigenvalue weighted by Crippen LogP contribution is -2.17. The van der Waals surface area contributed by atoms with Crippen LogP contribution in [0.15, 0.2) is 18.2 Å². The van der Waals surface area contributed by atoms with Gasteiger partial charge in [-0.1, -0.05) is 31.7 Å². The molecule has 18 heavy (non-hydrogen) atoms.